The second-order valence-electron chi connectivity index (χ2n) is 12.0. The summed E-state index contributed by atoms with van der Waals surface area (Å²) >= 11 is 3.50. The van der Waals surface area contributed by atoms with Crippen molar-refractivity contribution >= 4 is 68.3 Å². The Bertz CT molecular complexity index is 1860. The number of allylic oxidation sites excluding steroid dienone is 1. The van der Waals surface area contributed by atoms with Gasteiger partial charge in [-0.2, -0.15) is 0 Å². The van der Waals surface area contributed by atoms with Crippen LogP contribution in [0.25, 0.3) is 16.6 Å². The molecule has 3 aromatic rings. The zero-order chi connectivity index (χ0) is 34.5. The van der Waals surface area contributed by atoms with Crippen LogP contribution in [-0.2, 0) is 25.7 Å². The van der Waals surface area contributed by atoms with Crippen LogP contribution in [0.4, 0.5) is 0 Å². The van der Waals surface area contributed by atoms with Gasteiger partial charge in [0.15, 0.2) is 6.61 Å². The molecule has 254 valence electrons. The molecule has 15 heteroatoms. The van der Waals surface area contributed by atoms with Gasteiger partial charge in [0.25, 0.3) is 11.8 Å². The number of piperidine rings is 2. The molecule has 4 heterocycles. The molecular formula is C34H35BrN8O6. The van der Waals surface area contributed by atoms with Gasteiger partial charge in [0, 0.05) is 73.1 Å². The van der Waals surface area contributed by atoms with Gasteiger partial charge in [-0.25, -0.2) is 4.98 Å². The van der Waals surface area contributed by atoms with E-state index in [1.54, 1.807) is 35.5 Å². The lowest BCUT2D eigenvalue weighted by atomic mass is 10.0. The third-order valence-corrected chi connectivity index (χ3v) is 9.46. The number of para-hydroxylation sites is 1. The van der Waals surface area contributed by atoms with Crippen molar-refractivity contribution in [3.05, 3.63) is 70.1 Å². The fourth-order valence-corrected chi connectivity index (χ4v) is 6.58. The largest absolute Gasteiger partial charge is 0.484 e. The first-order valence-corrected chi connectivity index (χ1v) is 16.8. The van der Waals surface area contributed by atoms with E-state index in [4.69, 9.17) is 10.1 Å². The number of amides is 5. The molecule has 0 spiro atoms. The molecule has 2 fully saturated rings. The van der Waals surface area contributed by atoms with Crippen molar-refractivity contribution in [2.24, 2.45) is 0 Å². The molecule has 14 nitrogen and oxygen atoms in total. The summed E-state index contributed by atoms with van der Waals surface area (Å²) < 4.78 is 6.47. The van der Waals surface area contributed by atoms with Crippen molar-refractivity contribution < 1.29 is 28.7 Å². The number of carbonyl (C=O) groups is 5. The van der Waals surface area contributed by atoms with E-state index in [2.05, 4.69) is 41.8 Å². The summed E-state index contributed by atoms with van der Waals surface area (Å²) in [6.07, 6.45) is 6.75. The maximum Gasteiger partial charge on any atom is 0.257 e. The maximum absolute atomic E-state index is 12.9. The number of nitrogens with one attached hydrogen (secondary N) is 4. The number of fused-ring (bicyclic) bond motifs is 2. The Hall–Kier alpha value is -5.18. The number of nitrogens with zero attached hydrogens (tertiary/aromatic N) is 4. The fourth-order valence-electron chi connectivity index (χ4n) is 6.14. The number of carbonyl (C=O) groups excluding carboxylic acids is 5. The molecule has 0 bridgehead atoms. The van der Waals surface area contributed by atoms with Crippen LogP contribution in [0.15, 0.2) is 53.3 Å². The Morgan fingerprint density at radius 1 is 1.12 bits per heavy atom. The highest BCUT2D eigenvalue weighted by Gasteiger charge is 2.39. The Morgan fingerprint density at radius 3 is 2.71 bits per heavy atom. The number of rotatable bonds is 11. The van der Waals surface area contributed by atoms with Crippen molar-refractivity contribution in [1.82, 2.24) is 35.7 Å². The molecule has 2 saturated heterocycles. The molecule has 1 unspecified atom stereocenters. The lowest BCUT2D eigenvalue weighted by molar-refractivity contribution is -0.137. The lowest BCUT2D eigenvalue weighted by Gasteiger charge is -2.32. The summed E-state index contributed by atoms with van der Waals surface area (Å²) in [6.45, 7) is 1.27. The van der Waals surface area contributed by atoms with Gasteiger partial charge in [0.1, 0.15) is 17.3 Å². The predicted molar refractivity (Wildman–Crippen MR) is 182 cm³/mol. The smallest absolute Gasteiger partial charge is 0.257 e. The minimum atomic E-state index is -0.706. The van der Waals surface area contributed by atoms with Crippen LogP contribution >= 0.6 is 15.9 Å². The van der Waals surface area contributed by atoms with Crippen LogP contribution in [0.3, 0.4) is 0 Å². The number of halogens is 1. The average molecular weight is 732 g/mol. The second kappa shape index (κ2) is 14.9. The van der Waals surface area contributed by atoms with Crippen LogP contribution in [0.2, 0.25) is 0 Å². The van der Waals surface area contributed by atoms with E-state index in [1.807, 2.05) is 18.2 Å². The first-order chi connectivity index (χ1) is 23.7. The Balaban J connectivity index is 0.903. The normalized spacial score (nSPS) is 18.3. The predicted octanol–water partition coefficient (Wildman–Crippen LogP) is 2.31. The van der Waals surface area contributed by atoms with Gasteiger partial charge in [-0.05, 0) is 71.1 Å². The zero-order valence-corrected chi connectivity index (χ0v) is 28.1. The summed E-state index contributed by atoms with van der Waals surface area (Å²) in [5.74, 6) is -1.13. The van der Waals surface area contributed by atoms with Crippen LogP contribution in [0.1, 0.15) is 53.7 Å². The monoisotopic (exact) mass is 730 g/mol. The summed E-state index contributed by atoms with van der Waals surface area (Å²) in [4.78, 5) is 74.2. The van der Waals surface area contributed by atoms with E-state index in [0.29, 0.717) is 41.2 Å². The number of likely N-dealkylation sites (tertiary alicyclic amines) is 1. The van der Waals surface area contributed by atoms with E-state index in [-0.39, 0.29) is 68.6 Å². The van der Waals surface area contributed by atoms with E-state index in [0.717, 1.165) is 28.3 Å². The first kappa shape index (κ1) is 33.7. The highest BCUT2D eigenvalue weighted by molar-refractivity contribution is 9.10. The van der Waals surface area contributed by atoms with Gasteiger partial charge in [0.2, 0.25) is 17.7 Å². The van der Waals surface area contributed by atoms with Crippen molar-refractivity contribution in [2.45, 2.75) is 50.7 Å². The van der Waals surface area contributed by atoms with Gasteiger partial charge in [-0.15, -0.1) is 0 Å². The molecule has 6 rings (SSSR count). The van der Waals surface area contributed by atoms with Crippen LogP contribution in [0.5, 0.6) is 5.75 Å². The van der Waals surface area contributed by atoms with Crippen LogP contribution in [-0.4, -0.2) is 93.8 Å². The van der Waals surface area contributed by atoms with Crippen molar-refractivity contribution in [3.8, 4) is 5.75 Å². The molecule has 5 amide bonds. The molecule has 3 aliphatic rings. The third-order valence-electron chi connectivity index (χ3n) is 8.82. The topological polar surface area (TPSA) is 187 Å². The van der Waals surface area contributed by atoms with Gasteiger partial charge in [-0.3, -0.25) is 34.3 Å². The van der Waals surface area contributed by atoms with Crippen molar-refractivity contribution in [3.63, 3.8) is 0 Å². The summed E-state index contributed by atoms with van der Waals surface area (Å²) in [5.41, 5.74) is 3.81. The maximum atomic E-state index is 12.9. The quantitative estimate of drug-likeness (QED) is 0.170. The Kier molecular flexibility index (Phi) is 10.3. The molecule has 4 N–H and O–H groups in total. The zero-order valence-electron chi connectivity index (χ0n) is 26.5. The number of aromatic nitrogens is 2. The SMILES string of the molecule is N=C/C(=C\NC1CCN(C(=O)CCNC(=O)COc2ccc3c(c2)CN(C2CCC(=O)NC2=O)C3=O)CC1)c1cnc2cccc(Br)c2n1. The first-order valence-electron chi connectivity index (χ1n) is 16.0. The number of hydrogen-bond acceptors (Lipinski definition) is 10. The van der Waals surface area contributed by atoms with Gasteiger partial charge in [-0.1, -0.05) is 6.07 Å². The summed E-state index contributed by atoms with van der Waals surface area (Å²) in [5, 5.41) is 16.2. The highest BCUT2D eigenvalue weighted by Crippen LogP contribution is 2.30. The third kappa shape index (κ3) is 7.77. The van der Waals surface area contributed by atoms with E-state index in [1.165, 1.54) is 11.1 Å². The summed E-state index contributed by atoms with van der Waals surface area (Å²) in [6, 6.07) is 9.97. The molecule has 49 heavy (non-hydrogen) atoms. The van der Waals surface area contributed by atoms with Crippen molar-refractivity contribution in [1.29, 1.82) is 5.41 Å². The van der Waals surface area contributed by atoms with Crippen LogP contribution in [0, 0.1) is 5.41 Å². The van der Waals surface area contributed by atoms with Crippen LogP contribution < -0.4 is 20.7 Å². The molecule has 3 aliphatic heterocycles. The number of ether oxygens (including phenoxy) is 1. The van der Waals surface area contributed by atoms with E-state index in [9.17, 15) is 24.0 Å². The second-order valence-corrected chi connectivity index (χ2v) is 12.9. The van der Waals surface area contributed by atoms with Crippen molar-refractivity contribution in [2.75, 3.05) is 26.2 Å². The van der Waals surface area contributed by atoms with Gasteiger partial charge >= 0.3 is 0 Å². The minimum Gasteiger partial charge on any atom is -0.484 e. The Labute approximate surface area is 290 Å². The molecule has 2 aromatic carbocycles. The van der Waals surface area contributed by atoms with Gasteiger partial charge < -0.3 is 30.6 Å². The number of imide groups is 1. The standard InChI is InChI=1S/C34H35BrN8O6/c35-25-2-1-3-26-32(25)40-27(17-39-26)21(15-36)16-38-22-9-12-42(13-10-22)31(46)8-11-37-30(45)19-49-23-4-5-24-20(14-23)18-43(34(24)48)28-6-7-29(44)41-33(28)47/h1-5,14-17,22,28,36,38H,6-13,18-19H2,(H,37,45)(H,41,44,47)/b21-16+,36-15?. The molecule has 1 atom stereocenters. The van der Waals surface area contributed by atoms with Gasteiger partial charge in [0.05, 0.1) is 17.4 Å². The molecule has 0 radical (unpaired) electrons. The molecule has 1 aromatic heterocycles. The highest BCUT2D eigenvalue weighted by atomic mass is 79.9. The lowest BCUT2D eigenvalue weighted by Crippen LogP contribution is -2.52. The molecular weight excluding hydrogens is 696 g/mol. The average Bonchev–Trinajstić information content (AvgIpc) is 3.43. The molecule has 0 saturated carbocycles. The fraction of sp³-hybridized carbons (Fsp3) is 0.353. The Morgan fingerprint density at radius 2 is 1.94 bits per heavy atom. The number of benzene rings is 2. The number of hydrogen-bond donors (Lipinski definition) is 4. The summed E-state index contributed by atoms with van der Waals surface area (Å²) in [7, 11) is 0. The van der Waals surface area contributed by atoms with E-state index >= 15 is 0 Å². The molecule has 0 aliphatic carbocycles. The minimum absolute atomic E-state index is 0.0451. The van der Waals surface area contributed by atoms with E-state index < -0.39 is 11.9 Å².